The van der Waals surface area contributed by atoms with Gasteiger partial charge in [-0.2, -0.15) is 0 Å². The Hall–Kier alpha value is -1.62. The van der Waals surface area contributed by atoms with Crippen LogP contribution in [0.15, 0.2) is 84.9 Å². The first-order valence-electron chi connectivity index (χ1n) is 7.27. The van der Waals surface area contributed by atoms with Gasteiger partial charge in [-0.3, -0.25) is 0 Å². The van der Waals surface area contributed by atoms with E-state index in [0.29, 0.717) is 0 Å². The molecule has 0 saturated carbocycles. The molecule has 22 heavy (non-hydrogen) atoms. The van der Waals surface area contributed by atoms with E-state index in [1.807, 2.05) is 0 Å². The van der Waals surface area contributed by atoms with Crippen LogP contribution in [0, 0.1) is 6.92 Å². The number of hydrogen-bond donors (Lipinski definition) is 0. The molecule has 3 rings (SSSR count). The van der Waals surface area contributed by atoms with Crippen LogP contribution in [-0.4, -0.2) is 6.66 Å². The Morgan fingerprint density at radius 2 is 1.00 bits per heavy atom. The lowest BCUT2D eigenvalue weighted by Gasteiger charge is -2.24. The van der Waals surface area contributed by atoms with Crippen LogP contribution in [-0.2, 0) is 0 Å². The van der Waals surface area contributed by atoms with E-state index in [4.69, 9.17) is 0 Å². The molecule has 0 nitrogen and oxygen atoms in total. The van der Waals surface area contributed by atoms with Crippen LogP contribution in [0.3, 0.4) is 0 Å². The predicted octanol–water partition coefficient (Wildman–Crippen LogP) is 0.923. The fourth-order valence-electron chi connectivity index (χ4n) is 2.94. The molecule has 0 N–H and O–H groups in total. The second kappa shape index (κ2) is 7.09. The zero-order valence-electron chi connectivity index (χ0n) is 12.9. The maximum absolute atomic E-state index is 2.43. The fourth-order valence-corrected chi connectivity index (χ4v) is 6.50. The Morgan fingerprint density at radius 3 is 1.45 bits per heavy atom. The quantitative estimate of drug-likeness (QED) is 0.628. The third-order valence-corrected chi connectivity index (χ3v) is 8.27. The molecule has 3 aromatic rings. The van der Waals surface area contributed by atoms with E-state index in [-0.39, 0.29) is 12.4 Å². The van der Waals surface area contributed by atoms with Crippen molar-refractivity contribution >= 4 is 23.2 Å². The summed E-state index contributed by atoms with van der Waals surface area (Å²) < 4.78 is 0. The van der Waals surface area contributed by atoms with Crippen LogP contribution in [0.5, 0.6) is 0 Å². The van der Waals surface area contributed by atoms with Gasteiger partial charge in [-0.15, -0.1) is 0 Å². The molecule has 0 heterocycles. The summed E-state index contributed by atoms with van der Waals surface area (Å²) in [6.07, 6.45) is 0. The standard InChI is InChI=1S/C20H20P.ClH/c1-17-11-9-10-16-20(17)21(2,18-12-5-3-6-13-18)19-14-7-4-8-15-19;/h3-16H,1-2H3;1H/q+1;/p-1. The summed E-state index contributed by atoms with van der Waals surface area (Å²) in [5, 5.41) is 4.35. The topological polar surface area (TPSA) is 0 Å². The number of hydrogen-bond acceptors (Lipinski definition) is 0. The van der Waals surface area contributed by atoms with Gasteiger partial charge in [0, 0.05) is 0 Å². The van der Waals surface area contributed by atoms with Crippen LogP contribution in [0.4, 0.5) is 0 Å². The van der Waals surface area contributed by atoms with Gasteiger partial charge in [-0.25, -0.2) is 0 Å². The van der Waals surface area contributed by atoms with Crippen molar-refractivity contribution in [1.29, 1.82) is 0 Å². The molecule has 0 fully saturated rings. The predicted molar refractivity (Wildman–Crippen MR) is 95.8 cm³/mol. The van der Waals surface area contributed by atoms with Gasteiger partial charge < -0.3 is 12.4 Å². The lowest BCUT2D eigenvalue weighted by atomic mass is 10.2. The molecule has 0 amide bonds. The zero-order chi connectivity index (χ0) is 14.7. The summed E-state index contributed by atoms with van der Waals surface area (Å²) >= 11 is 0. The van der Waals surface area contributed by atoms with Crippen LogP contribution in [0.1, 0.15) is 5.56 Å². The van der Waals surface area contributed by atoms with Crippen LogP contribution in [0.2, 0.25) is 0 Å². The first-order chi connectivity index (χ1) is 10.2. The molecule has 0 radical (unpaired) electrons. The van der Waals surface area contributed by atoms with Crippen molar-refractivity contribution in [2.45, 2.75) is 6.92 Å². The highest BCUT2D eigenvalue weighted by Crippen LogP contribution is 2.51. The second-order valence-corrected chi connectivity index (χ2v) is 8.99. The van der Waals surface area contributed by atoms with E-state index in [1.165, 1.54) is 21.5 Å². The van der Waals surface area contributed by atoms with Gasteiger partial charge in [0.2, 0.25) is 0 Å². The van der Waals surface area contributed by atoms with Gasteiger partial charge in [-0.05, 0) is 42.8 Å². The smallest absolute Gasteiger partial charge is 0.109 e. The number of halogens is 1. The highest BCUT2D eigenvalue weighted by molar-refractivity contribution is 7.95. The molecule has 0 unspecified atom stereocenters. The van der Waals surface area contributed by atoms with Gasteiger partial charge in [0.1, 0.15) is 23.2 Å². The fraction of sp³-hybridized carbons (Fsp3) is 0.100. The monoisotopic (exact) mass is 326 g/mol. The summed E-state index contributed by atoms with van der Waals surface area (Å²) in [5.41, 5.74) is 1.38. The highest BCUT2D eigenvalue weighted by atomic mass is 35.5. The van der Waals surface area contributed by atoms with E-state index < -0.39 is 7.26 Å². The molecule has 0 aromatic heterocycles. The van der Waals surface area contributed by atoms with Crippen LogP contribution >= 0.6 is 7.26 Å². The number of benzene rings is 3. The van der Waals surface area contributed by atoms with Crippen molar-refractivity contribution in [3.63, 3.8) is 0 Å². The Kier molecular flexibility index (Phi) is 5.40. The first kappa shape index (κ1) is 16.7. The highest BCUT2D eigenvalue weighted by Gasteiger charge is 2.40. The Balaban J connectivity index is 0.00000176. The Labute approximate surface area is 140 Å². The SMILES string of the molecule is Cc1ccccc1[P+](C)(c1ccccc1)c1ccccc1.[Cl-]. The first-order valence-corrected chi connectivity index (χ1v) is 9.50. The second-order valence-electron chi connectivity index (χ2n) is 5.46. The lowest BCUT2D eigenvalue weighted by Crippen LogP contribution is -3.00. The molecule has 2 heteroatoms. The number of rotatable bonds is 3. The van der Waals surface area contributed by atoms with Crippen molar-refractivity contribution in [2.75, 3.05) is 6.66 Å². The van der Waals surface area contributed by atoms with Crippen molar-refractivity contribution < 1.29 is 12.4 Å². The van der Waals surface area contributed by atoms with Crippen molar-refractivity contribution in [3.05, 3.63) is 90.5 Å². The molecule has 0 saturated heterocycles. The summed E-state index contributed by atoms with van der Waals surface area (Å²) in [7, 11) is -1.56. The van der Waals surface area contributed by atoms with Crippen LogP contribution < -0.4 is 28.3 Å². The summed E-state index contributed by atoms with van der Waals surface area (Å²) in [6, 6.07) is 30.7. The van der Waals surface area contributed by atoms with Gasteiger partial charge in [-0.1, -0.05) is 54.6 Å². The third-order valence-electron chi connectivity index (χ3n) is 4.14. The average molecular weight is 327 g/mol. The van der Waals surface area contributed by atoms with Gasteiger partial charge in [0.25, 0.3) is 0 Å². The van der Waals surface area contributed by atoms with Crippen molar-refractivity contribution in [3.8, 4) is 0 Å². The third kappa shape index (κ3) is 2.95. The lowest BCUT2D eigenvalue weighted by molar-refractivity contribution is -0.00000419. The summed E-state index contributed by atoms with van der Waals surface area (Å²) in [6.45, 7) is 4.65. The number of aryl methyl sites for hydroxylation is 1. The maximum Gasteiger partial charge on any atom is 0.109 e. The van der Waals surface area contributed by atoms with E-state index in [9.17, 15) is 0 Å². The molecule has 0 bridgehead atoms. The molecular weight excluding hydrogens is 307 g/mol. The molecule has 3 aromatic carbocycles. The largest absolute Gasteiger partial charge is 1.00 e. The van der Waals surface area contributed by atoms with Gasteiger partial charge in [0.15, 0.2) is 0 Å². The summed E-state index contributed by atoms with van der Waals surface area (Å²) in [5.74, 6) is 0. The minimum atomic E-state index is -1.56. The van der Waals surface area contributed by atoms with Gasteiger partial charge in [0.05, 0.1) is 6.66 Å². The Morgan fingerprint density at radius 1 is 0.591 bits per heavy atom. The molecule has 0 aliphatic carbocycles. The van der Waals surface area contributed by atoms with Gasteiger partial charge >= 0.3 is 0 Å². The van der Waals surface area contributed by atoms with Crippen molar-refractivity contribution in [2.24, 2.45) is 0 Å². The molecule has 112 valence electrons. The molecule has 0 spiro atoms. The average Bonchev–Trinajstić information content (AvgIpc) is 2.56. The van der Waals surface area contributed by atoms with E-state index >= 15 is 0 Å². The molecule has 0 aliphatic heterocycles. The minimum Gasteiger partial charge on any atom is -1.00 e. The molecular formula is C20H20ClP. The zero-order valence-corrected chi connectivity index (χ0v) is 14.6. The Bertz CT molecular complexity index is 683. The van der Waals surface area contributed by atoms with E-state index in [0.717, 1.165) is 0 Å². The van der Waals surface area contributed by atoms with E-state index in [2.05, 4.69) is 98.5 Å². The molecule has 0 atom stereocenters. The molecule has 0 aliphatic rings. The van der Waals surface area contributed by atoms with Crippen LogP contribution in [0.25, 0.3) is 0 Å². The maximum atomic E-state index is 2.43. The minimum absolute atomic E-state index is 0. The van der Waals surface area contributed by atoms with Crippen molar-refractivity contribution in [1.82, 2.24) is 0 Å². The summed E-state index contributed by atoms with van der Waals surface area (Å²) in [4.78, 5) is 0. The normalized spacial score (nSPS) is 10.8. The van der Waals surface area contributed by atoms with E-state index in [1.54, 1.807) is 0 Å².